The Morgan fingerprint density at radius 3 is 2.45 bits per heavy atom. The molecule has 1 fully saturated rings. The van der Waals surface area contributed by atoms with E-state index in [4.69, 9.17) is 12.2 Å². The number of rotatable bonds is 3. The molecule has 20 heavy (non-hydrogen) atoms. The summed E-state index contributed by atoms with van der Waals surface area (Å²) in [5, 5.41) is 7.50. The molecule has 0 aromatic heterocycles. The summed E-state index contributed by atoms with van der Waals surface area (Å²) in [5.74, 6) is 2.00. The number of allylic oxidation sites excluding steroid dienone is 1. The molecule has 0 unspecified atom stereocenters. The van der Waals surface area contributed by atoms with Gasteiger partial charge in [-0.15, -0.1) is 0 Å². The van der Waals surface area contributed by atoms with Gasteiger partial charge in [-0.05, 0) is 60.5 Å². The average Bonchev–Trinajstić information content (AvgIpc) is 3.01. The van der Waals surface area contributed by atoms with Crippen LogP contribution in [0.3, 0.4) is 0 Å². The van der Waals surface area contributed by atoms with Crippen molar-refractivity contribution in [3.8, 4) is 0 Å². The van der Waals surface area contributed by atoms with Crippen LogP contribution in [0.2, 0.25) is 0 Å². The van der Waals surface area contributed by atoms with Gasteiger partial charge in [0.05, 0.1) is 0 Å². The largest absolute Gasteiger partial charge is 0.359 e. The van der Waals surface area contributed by atoms with Gasteiger partial charge in [0.2, 0.25) is 0 Å². The van der Waals surface area contributed by atoms with E-state index in [-0.39, 0.29) is 0 Å². The van der Waals surface area contributed by atoms with Gasteiger partial charge in [-0.1, -0.05) is 38.1 Å². The molecule has 0 amide bonds. The summed E-state index contributed by atoms with van der Waals surface area (Å²) in [4.78, 5) is 0. The van der Waals surface area contributed by atoms with E-state index in [0.29, 0.717) is 17.9 Å². The summed E-state index contributed by atoms with van der Waals surface area (Å²) in [6.45, 7) is 4.41. The molecule has 0 saturated heterocycles. The second kappa shape index (κ2) is 5.57. The predicted molar refractivity (Wildman–Crippen MR) is 89.0 cm³/mol. The molecule has 3 rings (SSSR count). The third kappa shape index (κ3) is 2.88. The fourth-order valence-electron chi connectivity index (χ4n) is 3.23. The number of anilines is 1. The van der Waals surface area contributed by atoms with Gasteiger partial charge in [0.15, 0.2) is 5.11 Å². The summed E-state index contributed by atoms with van der Waals surface area (Å²) < 4.78 is 0. The van der Waals surface area contributed by atoms with Gasteiger partial charge in [0, 0.05) is 11.7 Å². The Kier molecular flexibility index (Phi) is 3.79. The van der Waals surface area contributed by atoms with Crippen molar-refractivity contribution in [1.82, 2.24) is 5.32 Å². The molecular formula is C17H22N2S. The fourth-order valence-corrected chi connectivity index (χ4v) is 3.50. The van der Waals surface area contributed by atoms with Gasteiger partial charge in [-0.3, -0.25) is 0 Å². The van der Waals surface area contributed by atoms with Gasteiger partial charge in [-0.2, -0.15) is 0 Å². The highest BCUT2D eigenvalue weighted by atomic mass is 32.1. The number of thiocarbonyl (C=S) groups is 1. The minimum absolute atomic E-state index is 0.514. The molecule has 1 saturated carbocycles. The van der Waals surface area contributed by atoms with Crippen LogP contribution in [-0.4, -0.2) is 11.2 Å². The van der Waals surface area contributed by atoms with Crippen LogP contribution in [0, 0.1) is 11.8 Å². The zero-order valence-corrected chi connectivity index (χ0v) is 12.9. The fraction of sp³-hybridized carbons (Fsp3) is 0.471. The van der Waals surface area contributed by atoms with Crippen LogP contribution < -0.4 is 10.6 Å². The van der Waals surface area contributed by atoms with E-state index in [9.17, 15) is 0 Å². The summed E-state index contributed by atoms with van der Waals surface area (Å²) in [5.41, 5.74) is 2.42. The lowest BCUT2D eigenvalue weighted by Crippen LogP contribution is -2.40. The monoisotopic (exact) mass is 286 g/mol. The lowest BCUT2D eigenvalue weighted by molar-refractivity contribution is 0.526. The van der Waals surface area contributed by atoms with E-state index >= 15 is 0 Å². The molecule has 0 heterocycles. The molecule has 0 spiro atoms. The molecule has 0 radical (unpaired) electrons. The Bertz CT molecular complexity index is 518. The summed E-state index contributed by atoms with van der Waals surface area (Å²) in [6.07, 6.45) is 7.20. The first-order valence-electron chi connectivity index (χ1n) is 7.47. The van der Waals surface area contributed by atoms with Crippen LogP contribution in [0.5, 0.6) is 0 Å². The van der Waals surface area contributed by atoms with Crippen LogP contribution in [-0.2, 0) is 0 Å². The highest BCUT2D eigenvalue weighted by molar-refractivity contribution is 7.80. The van der Waals surface area contributed by atoms with Gasteiger partial charge >= 0.3 is 0 Å². The molecular weight excluding hydrogens is 264 g/mol. The molecule has 0 aliphatic heterocycles. The Morgan fingerprint density at radius 1 is 1.15 bits per heavy atom. The number of hydrogen-bond donors (Lipinski definition) is 2. The first kappa shape index (κ1) is 13.6. The van der Waals surface area contributed by atoms with E-state index in [1.165, 1.54) is 18.4 Å². The maximum atomic E-state index is 5.43. The molecule has 2 nitrogen and oxygen atoms in total. The molecule has 1 aromatic rings. The number of nitrogens with one attached hydrogen (secondary N) is 2. The van der Waals surface area contributed by atoms with Gasteiger partial charge in [-0.25, -0.2) is 0 Å². The van der Waals surface area contributed by atoms with Crippen molar-refractivity contribution >= 4 is 23.0 Å². The van der Waals surface area contributed by atoms with Crippen molar-refractivity contribution in [2.45, 2.75) is 38.6 Å². The molecule has 2 bridgehead atoms. The maximum Gasteiger partial charge on any atom is 0.171 e. The third-order valence-corrected chi connectivity index (χ3v) is 4.65. The predicted octanol–water partition coefficient (Wildman–Crippen LogP) is 4.06. The molecule has 2 N–H and O–H groups in total. The Balaban J connectivity index is 1.55. The van der Waals surface area contributed by atoms with Crippen molar-refractivity contribution in [2.75, 3.05) is 5.32 Å². The van der Waals surface area contributed by atoms with Crippen molar-refractivity contribution in [1.29, 1.82) is 0 Å². The summed E-state index contributed by atoms with van der Waals surface area (Å²) >= 11 is 5.43. The molecule has 2 aliphatic rings. The highest BCUT2D eigenvalue weighted by Crippen LogP contribution is 2.38. The molecule has 106 valence electrons. The Morgan fingerprint density at radius 2 is 1.90 bits per heavy atom. The van der Waals surface area contributed by atoms with Gasteiger partial charge in [0.25, 0.3) is 0 Å². The molecule has 1 aromatic carbocycles. The van der Waals surface area contributed by atoms with Gasteiger partial charge in [0.1, 0.15) is 0 Å². The zero-order chi connectivity index (χ0) is 14.1. The quantitative estimate of drug-likeness (QED) is 0.647. The van der Waals surface area contributed by atoms with Crippen LogP contribution in [0.25, 0.3) is 0 Å². The molecule has 2 aliphatic carbocycles. The standard InChI is InChI=1S/C17H22N2S/c1-11(2)13-5-7-15(8-6-13)18-17(20)19-16-10-12-3-4-14(16)9-12/h3-8,11-12,14,16H,9-10H2,1-2H3,(H2,18,19,20)/t12-,14-,16+/m0/s1. The van der Waals surface area contributed by atoms with E-state index in [1.54, 1.807) is 0 Å². The minimum atomic E-state index is 0.514. The average molecular weight is 286 g/mol. The lowest BCUT2D eigenvalue weighted by atomic mass is 10.0. The normalized spacial score (nSPS) is 27.1. The SMILES string of the molecule is CC(C)c1ccc(NC(=S)N[C@@H]2C[C@H]3C=C[C@H]2C3)cc1. The van der Waals surface area contributed by atoms with Crippen molar-refractivity contribution < 1.29 is 0 Å². The van der Waals surface area contributed by atoms with Crippen LogP contribution in [0.4, 0.5) is 5.69 Å². The molecule has 3 atom stereocenters. The highest BCUT2D eigenvalue weighted by Gasteiger charge is 2.35. The second-order valence-corrected chi connectivity index (χ2v) is 6.67. The van der Waals surface area contributed by atoms with Gasteiger partial charge < -0.3 is 10.6 Å². The summed E-state index contributed by atoms with van der Waals surface area (Å²) in [6, 6.07) is 9.04. The van der Waals surface area contributed by atoms with Crippen LogP contribution in [0.1, 0.15) is 38.2 Å². The lowest BCUT2D eigenvalue weighted by Gasteiger charge is -2.22. The summed E-state index contributed by atoms with van der Waals surface area (Å²) in [7, 11) is 0. The van der Waals surface area contributed by atoms with Crippen LogP contribution in [0.15, 0.2) is 36.4 Å². The molecule has 3 heteroatoms. The Labute approximate surface area is 126 Å². The smallest absolute Gasteiger partial charge is 0.171 e. The number of benzene rings is 1. The second-order valence-electron chi connectivity index (χ2n) is 6.26. The van der Waals surface area contributed by atoms with Crippen molar-refractivity contribution in [2.24, 2.45) is 11.8 Å². The minimum Gasteiger partial charge on any atom is -0.359 e. The first-order valence-corrected chi connectivity index (χ1v) is 7.88. The number of fused-ring (bicyclic) bond motifs is 2. The number of hydrogen-bond acceptors (Lipinski definition) is 1. The van der Waals surface area contributed by atoms with Crippen LogP contribution >= 0.6 is 12.2 Å². The topological polar surface area (TPSA) is 24.1 Å². The van der Waals surface area contributed by atoms with E-state index < -0.39 is 0 Å². The van der Waals surface area contributed by atoms with E-state index in [0.717, 1.165) is 16.7 Å². The van der Waals surface area contributed by atoms with E-state index in [2.05, 4.69) is 60.9 Å². The maximum absolute atomic E-state index is 5.43. The van der Waals surface area contributed by atoms with Crippen molar-refractivity contribution in [3.63, 3.8) is 0 Å². The van der Waals surface area contributed by atoms with Crippen molar-refractivity contribution in [3.05, 3.63) is 42.0 Å². The third-order valence-electron chi connectivity index (χ3n) is 4.43. The first-order chi connectivity index (χ1) is 9.61. The Hall–Kier alpha value is -1.35. The zero-order valence-electron chi connectivity index (χ0n) is 12.1. The van der Waals surface area contributed by atoms with E-state index in [1.807, 2.05) is 0 Å².